The first-order valence-corrected chi connectivity index (χ1v) is 7.94. The Labute approximate surface area is 133 Å². The number of aromatic nitrogens is 2. The Morgan fingerprint density at radius 3 is 2.91 bits per heavy atom. The van der Waals surface area contributed by atoms with E-state index in [-0.39, 0.29) is 18.1 Å². The second-order valence-corrected chi connectivity index (χ2v) is 6.37. The van der Waals surface area contributed by atoms with Crippen molar-refractivity contribution in [2.75, 3.05) is 0 Å². The predicted molar refractivity (Wildman–Crippen MR) is 84.4 cm³/mol. The van der Waals surface area contributed by atoms with Crippen LogP contribution in [-0.4, -0.2) is 27.7 Å². The second-order valence-electron chi connectivity index (χ2n) is 5.99. The highest BCUT2D eigenvalue weighted by atomic mass is 35.5. The fourth-order valence-electron chi connectivity index (χ4n) is 3.62. The summed E-state index contributed by atoms with van der Waals surface area (Å²) in [6.07, 6.45) is 8.34. The molecule has 2 heterocycles. The van der Waals surface area contributed by atoms with Crippen LogP contribution in [0.4, 0.5) is 4.79 Å². The number of hydrogen-bond acceptors (Lipinski definition) is 2. The highest BCUT2D eigenvalue weighted by Crippen LogP contribution is 2.39. The SMILES string of the molecule is O=C1NC2CCC(c3cccc(-n4ccnc4)c3Cl)CC2N1. The Bertz CT molecular complexity index is 700. The quantitative estimate of drug-likeness (QED) is 0.895. The van der Waals surface area contributed by atoms with Gasteiger partial charge >= 0.3 is 6.03 Å². The van der Waals surface area contributed by atoms with E-state index in [1.54, 1.807) is 12.5 Å². The van der Waals surface area contributed by atoms with Crippen molar-refractivity contribution >= 4 is 17.6 Å². The van der Waals surface area contributed by atoms with Gasteiger partial charge in [0.15, 0.2) is 0 Å². The highest BCUT2D eigenvalue weighted by molar-refractivity contribution is 6.33. The van der Waals surface area contributed by atoms with E-state index in [1.165, 1.54) is 0 Å². The lowest BCUT2D eigenvalue weighted by Crippen LogP contribution is -2.38. The third-order valence-corrected chi connectivity index (χ3v) is 5.13. The largest absolute Gasteiger partial charge is 0.333 e. The monoisotopic (exact) mass is 316 g/mol. The number of carbonyl (C=O) groups is 1. The standard InChI is InChI=1S/C16H17ClN4O/c17-15-11(2-1-3-14(15)21-7-6-18-9-21)10-4-5-12-13(8-10)20-16(22)19-12/h1-3,6-7,9-10,12-13H,4-5,8H2,(H2,19,20,22). The van der Waals surface area contributed by atoms with Crippen LogP contribution >= 0.6 is 11.6 Å². The number of carbonyl (C=O) groups excluding carboxylic acids is 1. The van der Waals surface area contributed by atoms with Gasteiger partial charge in [0.1, 0.15) is 0 Å². The van der Waals surface area contributed by atoms with E-state index in [0.717, 1.165) is 35.5 Å². The summed E-state index contributed by atoms with van der Waals surface area (Å²) >= 11 is 6.65. The van der Waals surface area contributed by atoms with Crippen LogP contribution in [0.2, 0.25) is 5.02 Å². The molecule has 1 saturated heterocycles. The maximum Gasteiger partial charge on any atom is 0.315 e. The molecule has 1 aliphatic heterocycles. The third-order valence-electron chi connectivity index (χ3n) is 4.71. The van der Waals surface area contributed by atoms with E-state index in [4.69, 9.17) is 11.6 Å². The summed E-state index contributed by atoms with van der Waals surface area (Å²) in [7, 11) is 0. The van der Waals surface area contributed by atoms with E-state index in [9.17, 15) is 4.79 Å². The molecule has 1 aliphatic carbocycles. The fourth-order valence-corrected chi connectivity index (χ4v) is 4.00. The van der Waals surface area contributed by atoms with Crippen LogP contribution in [0.5, 0.6) is 0 Å². The number of rotatable bonds is 2. The first-order chi connectivity index (χ1) is 10.7. The summed E-state index contributed by atoms with van der Waals surface area (Å²) < 4.78 is 1.93. The number of hydrogen-bond donors (Lipinski definition) is 2. The van der Waals surface area contributed by atoms with Crippen molar-refractivity contribution in [2.24, 2.45) is 0 Å². The maximum absolute atomic E-state index is 11.5. The molecule has 3 unspecified atom stereocenters. The number of halogens is 1. The average Bonchev–Trinajstić information content (AvgIpc) is 3.15. The summed E-state index contributed by atoms with van der Waals surface area (Å²) in [5, 5.41) is 6.77. The molecular formula is C16H17ClN4O. The Morgan fingerprint density at radius 1 is 1.23 bits per heavy atom. The molecule has 2 fully saturated rings. The van der Waals surface area contributed by atoms with Gasteiger partial charge in [-0.05, 0) is 36.8 Å². The Hall–Kier alpha value is -2.01. The number of benzene rings is 1. The summed E-state index contributed by atoms with van der Waals surface area (Å²) in [6.45, 7) is 0. The second kappa shape index (κ2) is 5.32. The van der Waals surface area contributed by atoms with Gasteiger partial charge in [0.25, 0.3) is 0 Å². The third kappa shape index (κ3) is 2.25. The van der Waals surface area contributed by atoms with Gasteiger partial charge in [0.05, 0.1) is 29.1 Å². The lowest BCUT2D eigenvalue weighted by atomic mass is 9.79. The van der Waals surface area contributed by atoms with Crippen LogP contribution in [0.3, 0.4) is 0 Å². The molecule has 114 valence electrons. The molecule has 2 aliphatic rings. The maximum atomic E-state index is 11.5. The van der Waals surface area contributed by atoms with Gasteiger partial charge in [-0.2, -0.15) is 0 Å². The molecule has 1 aromatic carbocycles. The van der Waals surface area contributed by atoms with Gasteiger partial charge in [0, 0.05) is 12.4 Å². The van der Waals surface area contributed by atoms with Crippen molar-refractivity contribution in [3.05, 3.63) is 47.5 Å². The smallest absolute Gasteiger partial charge is 0.315 e. The lowest BCUT2D eigenvalue weighted by Gasteiger charge is -2.31. The first kappa shape index (κ1) is 13.6. The van der Waals surface area contributed by atoms with Gasteiger partial charge in [0.2, 0.25) is 0 Å². The van der Waals surface area contributed by atoms with Gasteiger partial charge in [-0.3, -0.25) is 0 Å². The molecule has 1 saturated carbocycles. The molecule has 0 bridgehead atoms. The Kier molecular flexibility index (Phi) is 3.30. The predicted octanol–water partition coefficient (Wildman–Crippen LogP) is 2.84. The summed E-state index contributed by atoms with van der Waals surface area (Å²) in [6, 6.07) is 6.55. The van der Waals surface area contributed by atoms with Gasteiger partial charge in [-0.25, -0.2) is 9.78 Å². The average molecular weight is 317 g/mol. The Balaban J connectivity index is 1.63. The molecule has 6 heteroatoms. The van der Waals surface area contributed by atoms with Crippen molar-refractivity contribution in [1.29, 1.82) is 0 Å². The van der Waals surface area contributed by atoms with Crippen LogP contribution in [-0.2, 0) is 0 Å². The molecule has 0 radical (unpaired) electrons. The molecule has 2 aromatic rings. The van der Waals surface area contributed by atoms with Gasteiger partial charge < -0.3 is 15.2 Å². The molecule has 2 amide bonds. The molecule has 5 nitrogen and oxygen atoms in total. The van der Waals surface area contributed by atoms with Crippen LogP contribution < -0.4 is 10.6 Å². The minimum absolute atomic E-state index is 0.0473. The van der Waals surface area contributed by atoms with Crippen molar-refractivity contribution in [3.8, 4) is 5.69 Å². The van der Waals surface area contributed by atoms with Crippen LogP contribution in [0, 0.1) is 0 Å². The molecule has 22 heavy (non-hydrogen) atoms. The number of urea groups is 1. The van der Waals surface area contributed by atoms with E-state index in [0.29, 0.717) is 5.92 Å². The van der Waals surface area contributed by atoms with Crippen LogP contribution in [0.25, 0.3) is 5.69 Å². The van der Waals surface area contributed by atoms with Crippen molar-refractivity contribution < 1.29 is 4.79 Å². The van der Waals surface area contributed by atoms with Gasteiger partial charge in [-0.15, -0.1) is 0 Å². The zero-order chi connectivity index (χ0) is 15.1. The normalized spacial score (nSPS) is 27.1. The summed E-state index contributed by atoms with van der Waals surface area (Å²) in [5.74, 6) is 0.373. The summed E-state index contributed by atoms with van der Waals surface area (Å²) in [4.78, 5) is 15.6. The van der Waals surface area contributed by atoms with Crippen LogP contribution in [0.1, 0.15) is 30.7 Å². The van der Waals surface area contributed by atoms with Crippen LogP contribution in [0.15, 0.2) is 36.9 Å². The molecule has 3 atom stereocenters. The van der Waals surface area contributed by atoms with Gasteiger partial charge in [-0.1, -0.05) is 23.7 Å². The molecule has 0 spiro atoms. The molecule has 1 aromatic heterocycles. The topological polar surface area (TPSA) is 59.0 Å². The number of amides is 2. The highest BCUT2D eigenvalue weighted by Gasteiger charge is 2.38. The van der Waals surface area contributed by atoms with E-state index in [2.05, 4.69) is 21.7 Å². The molecule has 2 N–H and O–H groups in total. The number of fused-ring (bicyclic) bond motifs is 1. The minimum atomic E-state index is -0.0473. The zero-order valence-corrected chi connectivity index (χ0v) is 12.8. The van der Waals surface area contributed by atoms with E-state index >= 15 is 0 Å². The first-order valence-electron chi connectivity index (χ1n) is 7.56. The minimum Gasteiger partial charge on any atom is -0.333 e. The number of imidazole rings is 1. The molecule has 4 rings (SSSR count). The number of nitrogens with zero attached hydrogens (tertiary/aromatic N) is 2. The molecular weight excluding hydrogens is 300 g/mol. The lowest BCUT2D eigenvalue weighted by molar-refractivity contribution is 0.247. The fraction of sp³-hybridized carbons (Fsp3) is 0.375. The zero-order valence-electron chi connectivity index (χ0n) is 12.0. The van der Waals surface area contributed by atoms with Crippen molar-refractivity contribution in [2.45, 2.75) is 37.3 Å². The van der Waals surface area contributed by atoms with E-state index in [1.807, 2.05) is 22.9 Å². The number of nitrogens with one attached hydrogen (secondary N) is 2. The van der Waals surface area contributed by atoms with Crippen molar-refractivity contribution in [1.82, 2.24) is 20.2 Å². The van der Waals surface area contributed by atoms with E-state index < -0.39 is 0 Å². The van der Waals surface area contributed by atoms with Crippen molar-refractivity contribution in [3.63, 3.8) is 0 Å². The Morgan fingerprint density at radius 2 is 2.09 bits per heavy atom. The summed E-state index contributed by atoms with van der Waals surface area (Å²) in [5.41, 5.74) is 2.11.